The molecule has 0 aromatic rings. The zero-order valence-electron chi connectivity index (χ0n) is 31.0. The Morgan fingerprint density at radius 1 is 0.543 bits per heavy atom. The Hall–Kier alpha value is -1.17. The first-order valence-corrected chi connectivity index (χ1v) is 20.0. The van der Waals surface area contributed by atoms with Crippen LogP contribution < -0.4 is 0 Å². The van der Waals surface area contributed by atoms with E-state index in [0.717, 1.165) is 38.5 Å². The molecule has 0 aliphatic rings. The fourth-order valence-corrected chi connectivity index (χ4v) is 6.13. The van der Waals surface area contributed by atoms with E-state index in [0.29, 0.717) is 32.5 Å². The molecule has 0 aromatic heterocycles. The Labute approximate surface area is 287 Å². The number of aliphatic hydroxyl groups excluding tert-OH is 2. The highest BCUT2D eigenvalue weighted by Gasteiger charge is 2.16. The molecule has 0 radical (unpaired) electrons. The van der Waals surface area contributed by atoms with Crippen molar-refractivity contribution in [3.05, 3.63) is 24.3 Å². The summed E-state index contributed by atoms with van der Waals surface area (Å²) in [5.41, 5.74) is 0. The predicted molar refractivity (Wildman–Crippen MR) is 199 cm³/mol. The maximum Gasteiger partial charge on any atom is 0.305 e. The topological polar surface area (TPSA) is 70.0 Å². The molecular weight excluding hydrogens is 570 g/mol. The van der Waals surface area contributed by atoms with Gasteiger partial charge in [0.15, 0.2) is 0 Å². The van der Waals surface area contributed by atoms with Crippen LogP contribution in [-0.4, -0.2) is 60.0 Å². The molecule has 2 atom stereocenters. The Morgan fingerprint density at radius 2 is 0.891 bits per heavy atom. The van der Waals surface area contributed by atoms with Gasteiger partial charge in [0.1, 0.15) is 0 Å². The second kappa shape index (κ2) is 36.7. The van der Waals surface area contributed by atoms with Gasteiger partial charge in [-0.25, -0.2) is 0 Å². The SMILES string of the molecule is CCCCCCCC/C=C\CCCCCCC(O)CN(CCCC(=O)OC)CC(O)CCCCCC/C=C\CCCCCCCC. The lowest BCUT2D eigenvalue weighted by Gasteiger charge is -2.27. The summed E-state index contributed by atoms with van der Waals surface area (Å²) in [5, 5.41) is 21.5. The first-order chi connectivity index (χ1) is 22.5. The van der Waals surface area contributed by atoms with Crippen LogP contribution in [0, 0.1) is 0 Å². The lowest BCUT2D eigenvalue weighted by atomic mass is 10.1. The second-order valence-corrected chi connectivity index (χ2v) is 13.8. The number of unbranched alkanes of at least 4 members (excludes halogenated alkanes) is 20. The van der Waals surface area contributed by atoms with Crippen LogP contribution in [0.3, 0.4) is 0 Å². The summed E-state index contributed by atoms with van der Waals surface area (Å²) in [6, 6.07) is 0. The van der Waals surface area contributed by atoms with Crippen LogP contribution in [0.15, 0.2) is 24.3 Å². The molecule has 0 amide bonds. The minimum Gasteiger partial charge on any atom is -0.469 e. The average molecular weight is 650 g/mol. The number of rotatable bonds is 36. The van der Waals surface area contributed by atoms with Crippen LogP contribution in [0.25, 0.3) is 0 Å². The molecule has 2 unspecified atom stereocenters. The van der Waals surface area contributed by atoms with Gasteiger partial charge >= 0.3 is 5.97 Å². The molecule has 46 heavy (non-hydrogen) atoms. The third-order valence-electron chi connectivity index (χ3n) is 9.12. The number of aliphatic hydroxyl groups is 2. The minimum absolute atomic E-state index is 0.199. The number of hydrogen-bond donors (Lipinski definition) is 2. The highest BCUT2D eigenvalue weighted by molar-refractivity contribution is 5.69. The fraction of sp³-hybridized carbons (Fsp3) is 0.878. The molecular formula is C41H79NO4. The van der Waals surface area contributed by atoms with Gasteiger partial charge in [0.05, 0.1) is 19.3 Å². The maximum atomic E-state index is 11.6. The number of methoxy groups -OCH3 is 1. The molecule has 2 N–H and O–H groups in total. The van der Waals surface area contributed by atoms with Gasteiger partial charge in [-0.1, -0.05) is 141 Å². The third kappa shape index (κ3) is 34.2. The summed E-state index contributed by atoms with van der Waals surface area (Å²) in [6.07, 6.45) is 41.7. The van der Waals surface area contributed by atoms with Crippen molar-refractivity contribution >= 4 is 5.97 Å². The van der Waals surface area contributed by atoms with Crippen molar-refractivity contribution in [2.75, 3.05) is 26.7 Å². The van der Waals surface area contributed by atoms with E-state index in [-0.39, 0.29) is 5.97 Å². The normalized spacial score (nSPS) is 13.3. The monoisotopic (exact) mass is 650 g/mol. The number of allylic oxidation sites excluding steroid dienone is 4. The van der Waals surface area contributed by atoms with Crippen LogP contribution in [0.2, 0.25) is 0 Å². The Bertz CT molecular complexity index is 633. The first-order valence-electron chi connectivity index (χ1n) is 20.0. The van der Waals surface area contributed by atoms with Crippen molar-refractivity contribution in [2.24, 2.45) is 0 Å². The van der Waals surface area contributed by atoms with E-state index in [9.17, 15) is 15.0 Å². The van der Waals surface area contributed by atoms with Gasteiger partial charge in [0.2, 0.25) is 0 Å². The quantitative estimate of drug-likeness (QED) is 0.0401. The number of hydrogen-bond acceptors (Lipinski definition) is 5. The third-order valence-corrected chi connectivity index (χ3v) is 9.12. The summed E-state index contributed by atoms with van der Waals surface area (Å²) in [7, 11) is 1.42. The van der Waals surface area contributed by atoms with E-state index in [1.807, 2.05) is 0 Å². The van der Waals surface area contributed by atoms with Crippen molar-refractivity contribution in [3.63, 3.8) is 0 Å². The lowest BCUT2D eigenvalue weighted by Crippen LogP contribution is -2.39. The van der Waals surface area contributed by atoms with E-state index in [1.165, 1.54) is 136 Å². The van der Waals surface area contributed by atoms with Crippen LogP contribution in [0.1, 0.15) is 194 Å². The number of carbonyl (C=O) groups is 1. The molecule has 272 valence electrons. The smallest absolute Gasteiger partial charge is 0.305 e. The van der Waals surface area contributed by atoms with Gasteiger partial charge < -0.3 is 14.9 Å². The van der Waals surface area contributed by atoms with Crippen LogP contribution in [0.5, 0.6) is 0 Å². The molecule has 0 heterocycles. The summed E-state index contributed by atoms with van der Waals surface area (Å²) in [6.45, 7) is 6.35. The van der Waals surface area contributed by atoms with Crippen molar-refractivity contribution in [2.45, 2.75) is 206 Å². The molecule has 0 aromatic carbocycles. The zero-order valence-corrected chi connectivity index (χ0v) is 31.0. The van der Waals surface area contributed by atoms with Gasteiger partial charge in [-0.05, 0) is 77.2 Å². The van der Waals surface area contributed by atoms with E-state index in [4.69, 9.17) is 4.74 Å². The zero-order chi connectivity index (χ0) is 33.8. The van der Waals surface area contributed by atoms with E-state index < -0.39 is 12.2 Å². The molecule has 0 aliphatic carbocycles. The van der Waals surface area contributed by atoms with Crippen LogP contribution in [-0.2, 0) is 9.53 Å². The predicted octanol–water partition coefficient (Wildman–Crippen LogP) is 11.3. The molecule has 0 saturated heterocycles. The number of ether oxygens (including phenoxy) is 1. The average Bonchev–Trinajstić information content (AvgIpc) is 3.04. The molecule has 0 spiro atoms. The highest BCUT2D eigenvalue weighted by atomic mass is 16.5. The van der Waals surface area contributed by atoms with E-state index in [2.05, 4.69) is 43.1 Å². The van der Waals surface area contributed by atoms with E-state index >= 15 is 0 Å². The van der Waals surface area contributed by atoms with Gasteiger partial charge in [-0.2, -0.15) is 0 Å². The van der Waals surface area contributed by atoms with Gasteiger partial charge in [-0.15, -0.1) is 0 Å². The molecule has 0 bridgehead atoms. The largest absolute Gasteiger partial charge is 0.469 e. The van der Waals surface area contributed by atoms with Crippen molar-refractivity contribution < 1.29 is 19.7 Å². The van der Waals surface area contributed by atoms with Crippen molar-refractivity contribution in [1.82, 2.24) is 4.90 Å². The number of carbonyl (C=O) groups excluding carboxylic acids is 1. The van der Waals surface area contributed by atoms with Crippen LogP contribution >= 0.6 is 0 Å². The minimum atomic E-state index is -0.392. The molecule has 0 aliphatic heterocycles. The van der Waals surface area contributed by atoms with Gasteiger partial charge in [0, 0.05) is 19.5 Å². The second-order valence-electron chi connectivity index (χ2n) is 13.8. The maximum absolute atomic E-state index is 11.6. The molecule has 0 fully saturated rings. The molecule has 5 nitrogen and oxygen atoms in total. The number of nitrogens with zero attached hydrogens (tertiary/aromatic N) is 1. The standard InChI is InChI=1S/C41H79NO4/c1-4-6-8-10-12-14-16-18-20-22-24-26-28-30-33-39(43)37-42(36-32-35-41(45)46-3)38-40(44)34-31-29-27-25-23-21-19-17-15-13-11-9-7-5-2/h18-21,39-40,43-44H,4-17,22-38H2,1-3H3/b20-18-,21-19-. The van der Waals surface area contributed by atoms with Gasteiger partial charge in [0.25, 0.3) is 0 Å². The summed E-state index contributed by atoms with van der Waals surface area (Å²) < 4.78 is 4.80. The Kier molecular flexibility index (Phi) is 35.7. The first kappa shape index (κ1) is 44.8. The van der Waals surface area contributed by atoms with E-state index in [1.54, 1.807) is 0 Å². The van der Waals surface area contributed by atoms with Crippen molar-refractivity contribution in [3.8, 4) is 0 Å². The highest BCUT2D eigenvalue weighted by Crippen LogP contribution is 2.14. The summed E-state index contributed by atoms with van der Waals surface area (Å²) in [4.78, 5) is 13.8. The van der Waals surface area contributed by atoms with Crippen molar-refractivity contribution in [1.29, 1.82) is 0 Å². The molecule has 0 saturated carbocycles. The summed E-state index contributed by atoms with van der Waals surface area (Å²) >= 11 is 0. The van der Waals surface area contributed by atoms with Crippen LogP contribution in [0.4, 0.5) is 0 Å². The Morgan fingerprint density at radius 3 is 1.26 bits per heavy atom. The molecule has 5 heteroatoms. The summed E-state index contributed by atoms with van der Waals surface area (Å²) in [5.74, 6) is -0.199. The number of esters is 1. The molecule has 0 rings (SSSR count). The Balaban J connectivity index is 4.06. The lowest BCUT2D eigenvalue weighted by molar-refractivity contribution is -0.140. The van der Waals surface area contributed by atoms with Gasteiger partial charge in [-0.3, -0.25) is 9.69 Å². The fourth-order valence-electron chi connectivity index (χ4n) is 6.13.